The number of hydrogen-bond donors (Lipinski definition) is 3. The number of likely N-dealkylation sites (N-methyl/N-ethyl adjacent to an activating group) is 5. The van der Waals surface area contributed by atoms with Crippen molar-refractivity contribution in [3.05, 3.63) is 29.8 Å². The van der Waals surface area contributed by atoms with Crippen LogP contribution in [0, 0.1) is 29.6 Å². The molecule has 2 aliphatic rings. The predicted molar refractivity (Wildman–Crippen MR) is 317 cm³/mol. The summed E-state index contributed by atoms with van der Waals surface area (Å²) in [6, 6.07) is -3.32. The van der Waals surface area contributed by atoms with Gasteiger partial charge in [-0.1, -0.05) is 94.2 Å². The van der Waals surface area contributed by atoms with Gasteiger partial charge in [-0.25, -0.2) is 4.79 Å². The number of carbonyl (C=O) groups excluding carboxylic acids is 11. The first-order valence-corrected chi connectivity index (χ1v) is 30.0. The molecule has 84 heavy (non-hydrogen) atoms. The number of cyclic esters (lactones) is 1. The molecule has 0 spiro atoms. The van der Waals surface area contributed by atoms with E-state index in [-0.39, 0.29) is 19.4 Å². The molecule has 0 unspecified atom stereocenters. The van der Waals surface area contributed by atoms with Crippen LogP contribution in [0.25, 0.3) is 0 Å². The molecule has 0 saturated carbocycles. The Morgan fingerprint density at radius 2 is 1.14 bits per heavy atom. The zero-order valence-electron chi connectivity index (χ0n) is 53.6. The number of ether oxygens (including phenoxy) is 2. The second kappa shape index (κ2) is 32.5. The summed E-state index contributed by atoms with van der Waals surface area (Å²) >= 11 is 0. The maximum Gasteiger partial charge on any atom is 0.329 e. The van der Waals surface area contributed by atoms with E-state index in [1.807, 2.05) is 13.8 Å². The van der Waals surface area contributed by atoms with Crippen LogP contribution >= 0.6 is 0 Å². The second-order valence-electron chi connectivity index (χ2n) is 23.8. The molecule has 2 saturated heterocycles. The molecule has 1 aromatic carbocycles. The highest BCUT2D eigenvalue weighted by Gasteiger charge is 2.46. The van der Waals surface area contributed by atoms with Gasteiger partial charge in [0.1, 0.15) is 54.1 Å². The maximum absolute atomic E-state index is 15.3. The lowest BCUT2D eigenvalue weighted by molar-refractivity contribution is -0.165. The van der Waals surface area contributed by atoms with Crippen LogP contribution < -0.4 is 20.7 Å². The summed E-state index contributed by atoms with van der Waals surface area (Å²) in [7, 11) is 8.57. The van der Waals surface area contributed by atoms with Crippen LogP contribution in [0.15, 0.2) is 24.3 Å². The molecular weight excluding hydrogens is 1080 g/mol. The average Bonchev–Trinajstić information content (AvgIpc) is 3.67. The first-order chi connectivity index (χ1) is 39.4. The van der Waals surface area contributed by atoms with Gasteiger partial charge < -0.3 is 59.7 Å². The minimum absolute atomic E-state index is 0.107. The van der Waals surface area contributed by atoms with Gasteiger partial charge in [0.25, 0.3) is 5.91 Å². The van der Waals surface area contributed by atoms with Crippen molar-refractivity contribution in [2.75, 3.05) is 68.5 Å². The van der Waals surface area contributed by atoms with E-state index in [2.05, 4.69) is 16.0 Å². The van der Waals surface area contributed by atoms with Crippen LogP contribution in [0.2, 0.25) is 0 Å². The molecule has 23 nitrogen and oxygen atoms in total. The van der Waals surface area contributed by atoms with Gasteiger partial charge in [0, 0.05) is 61.3 Å². The molecule has 0 radical (unpaired) electrons. The van der Waals surface area contributed by atoms with Crippen LogP contribution in [-0.2, 0) is 63.9 Å². The zero-order valence-corrected chi connectivity index (χ0v) is 53.6. The van der Waals surface area contributed by atoms with E-state index in [0.717, 1.165) is 4.90 Å². The van der Waals surface area contributed by atoms with Gasteiger partial charge in [0.15, 0.2) is 6.10 Å². The smallest absolute Gasteiger partial charge is 0.329 e. The van der Waals surface area contributed by atoms with E-state index in [4.69, 9.17) is 9.47 Å². The fraction of sp³-hybridized carbons (Fsp3) is 0.721. The third kappa shape index (κ3) is 17.6. The summed E-state index contributed by atoms with van der Waals surface area (Å²) in [6.45, 7) is 22.6. The molecule has 3 rings (SSSR count). The first-order valence-electron chi connectivity index (χ1n) is 30.0. The van der Waals surface area contributed by atoms with Gasteiger partial charge in [-0.05, 0) is 87.3 Å². The Morgan fingerprint density at radius 1 is 0.619 bits per heavy atom. The SMILES string of the molecule is CC[C@@H](C)[C@H]1C(=O)NCC(=O)N(C)[C@@H](C(C)C)C(=O)N[C@@H](Cc2ccc(OC)cc2)C(=O)O[C@H](C)C(=O)N2CCCC[C@H]2C(=O)N(C)[C@@H](C(C)C)C(=O)N[C@@H](C(C)C)C(=O)N(C)[C@@H](CC(=O)N(CC)CC)C(=O)N(C)[C@@H]([C@@H](C)CC)C(=O)N1C. The number of nitrogens with one attached hydrogen (secondary N) is 3. The summed E-state index contributed by atoms with van der Waals surface area (Å²) in [5, 5.41) is 8.34. The molecule has 1 aromatic rings. The van der Waals surface area contributed by atoms with Crippen molar-refractivity contribution in [1.29, 1.82) is 0 Å². The lowest BCUT2D eigenvalue weighted by atomic mass is 9.92. The quantitative estimate of drug-likeness (QED) is 0.227. The third-order valence-corrected chi connectivity index (χ3v) is 16.9. The molecule has 10 amide bonds. The van der Waals surface area contributed by atoms with Crippen LogP contribution in [0.3, 0.4) is 0 Å². The monoisotopic (exact) mass is 1180 g/mol. The molecule has 3 N–H and O–H groups in total. The molecule has 0 bridgehead atoms. The van der Waals surface area contributed by atoms with E-state index in [0.29, 0.717) is 50.1 Å². The van der Waals surface area contributed by atoms with Crippen molar-refractivity contribution in [3.8, 4) is 5.75 Å². The number of fused-ring (bicyclic) bond motifs is 1. The second-order valence-corrected chi connectivity index (χ2v) is 23.8. The Balaban J connectivity index is 2.32. The van der Waals surface area contributed by atoms with Crippen molar-refractivity contribution in [2.45, 2.75) is 189 Å². The summed E-state index contributed by atoms with van der Waals surface area (Å²) in [6.07, 6.45) is 0.0417. The number of nitrogens with zero attached hydrogens (tertiary/aromatic N) is 7. The van der Waals surface area contributed by atoms with E-state index in [1.165, 1.54) is 78.7 Å². The molecule has 0 aliphatic carbocycles. The Hall–Kier alpha value is -6.81. The highest BCUT2D eigenvalue weighted by Crippen LogP contribution is 2.27. The summed E-state index contributed by atoms with van der Waals surface area (Å²) < 4.78 is 11.2. The van der Waals surface area contributed by atoms with Gasteiger partial charge in [-0.2, -0.15) is 0 Å². The first kappa shape index (κ1) is 71.5. The largest absolute Gasteiger partial charge is 0.497 e. The number of esters is 1. The van der Waals surface area contributed by atoms with Crippen molar-refractivity contribution >= 4 is 65.0 Å². The standard InChI is InChI=1S/C61H100N10O13/c1-20-38(11)51-53(74)62-34-47(73)66(15)49(36(7)8)54(75)63-43(32-41-27-29-42(83-19)30-28-41)61(82)84-40(13)56(77)71-31-25-24-26-44(71)57(78)67(16)50(37(9)10)55(76)64-48(35(5)6)59(80)65(14)45(33-46(72)70(22-3)23-4)58(79)69(18)52(39(12)21-2)60(81)68(51)17/h27-30,35-40,43-45,48-52H,20-26,31-34H2,1-19H3,(H,62,74)(H,63,75)(H,64,76)/t38-,39+,40-,43+,44+,45+,48+,49+,50+,51+,52+/m1/s1. The fourth-order valence-electron chi connectivity index (χ4n) is 11.4. The number of amides is 10. The third-order valence-electron chi connectivity index (χ3n) is 16.9. The van der Waals surface area contributed by atoms with Crippen molar-refractivity contribution in [1.82, 2.24) is 50.2 Å². The van der Waals surface area contributed by atoms with Crippen molar-refractivity contribution in [3.63, 3.8) is 0 Å². The topological polar surface area (TPSA) is 265 Å². The lowest BCUT2D eigenvalue weighted by Crippen LogP contribution is -2.63. The highest BCUT2D eigenvalue weighted by molar-refractivity contribution is 6.00. The summed E-state index contributed by atoms with van der Waals surface area (Å²) in [4.78, 5) is 170. The van der Waals surface area contributed by atoms with Crippen LogP contribution in [-0.4, -0.2) is 222 Å². The minimum Gasteiger partial charge on any atom is -0.497 e. The number of carbonyl (C=O) groups is 11. The van der Waals surface area contributed by atoms with Gasteiger partial charge in [0.05, 0.1) is 20.1 Å². The van der Waals surface area contributed by atoms with Gasteiger partial charge in [-0.3, -0.25) is 47.9 Å². The number of benzene rings is 1. The Morgan fingerprint density at radius 3 is 1.67 bits per heavy atom. The molecule has 472 valence electrons. The molecule has 2 aliphatic heterocycles. The normalized spacial score (nSPS) is 26.0. The Bertz CT molecular complexity index is 2470. The Labute approximate surface area is 498 Å². The van der Waals surface area contributed by atoms with E-state index in [1.54, 1.807) is 93.5 Å². The summed E-state index contributed by atoms with van der Waals surface area (Å²) in [5.41, 5.74) is 0.589. The Kier molecular flexibility index (Phi) is 27.6. The molecule has 2 fully saturated rings. The zero-order chi connectivity index (χ0) is 63.8. The van der Waals surface area contributed by atoms with Crippen LogP contribution in [0.1, 0.15) is 134 Å². The molecular formula is C61H100N10O13. The van der Waals surface area contributed by atoms with Crippen LogP contribution in [0.4, 0.5) is 0 Å². The molecule has 2 heterocycles. The van der Waals surface area contributed by atoms with E-state index >= 15 is 14.4 Å². The average molecular weight is 1180 g/mol. The van der Waals surface area contributed by atoms with E-state index in [9.17, 15) is 38.4 Å². The van der Waals surface area contributed by atoms with Gasteiger partial charge in [-0.15, -0.1) is 0 Å². The van der Waals surface area contributed by atoms with Gasteiger partial charge in [0.2, 0.25) is 53.2 Å². The van der Waals surface area contributed by atoms with Crippen molar-refractivity contribution in [2.24, 2.45) is 29.6 Å². The number of rotatable bonds is 14. The molecule has 0 aromatic heterocycles. The minimum atomic E-state index is -1.49. The number of hydrogen-bond acceptors (Lipinski definition) is 13. The van der Waals surface area contributed by atoms with Crippen LogP contribution in [0.5, 0.6) is 5.75 Å². The highest BCUT2D eigenvalue weighted by atomic mass is 16.5. The number of methoxy groups -OCH3 is 1. The molecule has 11 atom stereocenters. The number of piperidine rings is 1. The fourth-order valence-corrected chi connectivity index (χ4v) is 11.4. The lowest BCUT2D eigenvalue weighted by Gasteiger charge is -2.41. The summed E-state index contributed by atoms with van der Waals surface area (Å²) in [5.74, 6) is -9.72. The van der Waals surface area contributed by atoms with Crippen molar-refractivity contribution < 1.29 is 62.2 Å². The maximum atomic E-state index is 15.3. The van der Waals surface area contributed by atoms with E-state index < -0.39 is 162 Å². The predicted octanol–water partition coefficient (Wildman–Crippen LogP) is 3.10. The van der Waals surface area contributed by atoms with Gasteiger partial charge >= 0.3 is 5.97 Å². The molecule has 23 heteroatoms.